The van der Waals surface area contributed by atoms with E-state index in [2.05, 4.69) is 66.9 Å². The van der Waals surface area contributed by atoms with E-state index in [0.29, 0.717) is 23.5 Å². The lowest BCUT2D eigenvalue weighted by molar-refractivity contribution is -0.144. The predicted octanol–water partition coefficient (Wildman–Crippen LogP) is 6.80. The van der Waals surface area contributed by atoms with Gasteiger partial charge >= 0.3 is 5.97 Å². The molecular formula is C33H42N2O3. The zero-order valence-electron chi connectivity index (χ0n) is 22.6. The standard InChI is InChI=1S/C33H42N2O3/c1-23(30-16-8-10-25-9-5-6-15-31(25)30)34-28-12-7-11-27(21-28)24-17-19-26(20-18-24)33(38)35(22-32(36)37)29-13-3-2-4-14-29/h5-6,8-10,15-17,19-20,23-24,27-29,34H,2-4,7,11-14,18,21-22H2,1H3,(H,36,37)/t23-,24?,27+,28+/m1/s1. The number of fused-ring (bicyclic) bond motifs is 1. The molecule has 0 saturated heterocycles. The summed E-state index contributed by atoms with van der Waals surface area (Å²) in [5.41, 5.74) is 2.03. The zero-order valence-corrected chi connectivity index (χ0v) is 22.6. The number of carbonyl (C=O) groups is 2. The van der Waals surface area contributed by atoms with Crippen LogP contribution in [0.5, 0.6) is 0 Å². The molecular weight excluding hydrogens is 472 g/mol. The number of aliphatic carboxylic acids is 1. The van der Waals surface area contributed by atoms with E-state index in [1.54, 1.807) is 4.90 Å². The molecule has 5 rings (SSSR count). The van der Waals surface area contributed by atoms with Gasteiger partial charge in [0.25, 0.3) is 5.91 Å². The number of allylic oxidation sites excluding steroid dienone is 2. The molecule has 0 radical (unpaired) electrons. The number of hydrogen-bond donors (Lipinski definition) is 2. The first-order valence-electron chi connectivity index (χ1n) is 14.6. The summed E-state index contributed by atoms with van der Waals surface area (Å²) in [6, 6.07) is 16.0. The molecule has 0 aliphatic heterocycles. The number of carboxylic acids is 1. The van der Waals surface area contributed by atoms with Gasteiger partial charge in [0.15, 0.2) is 0 Å². The molecule has 4 atom stereocenters. The molecule has 2 N–H and O–H groups in total. The molecule has 38 heavy (non-hydrogen) atoms. The Balaban J connectivity index is 1.19. The maximum absolute atomic E-state index is 13.4. The lowest BCUT2D eigenvalue weighted by Crippen LogP contribution is -2.45. The minimum Gasteiger partial charge on any atom is -0.480 e. The van der Waals surface area contributed by atoms with Crippen molar-refractivity contribution in [2.75, 3.05) is 6.54 Å². The molecule has 1 unspecified atom stereocenters. The molecule has 1 amide bonds. The normalized spacial score (nSPS) is 25.1. The van der Waals surface area contributed by atoms with Crippen LogP contribution in [0.1, 0.15) is 82.7 Å². The Bertz CT molecular complexity index is 1190. The summed E-state index contributed by atoms with van der Waals surface area (Å²) in [7, 11) is 0. The van der Waals surface area contributed by atoms with Crippen LogP contribution in [0.4, 0.5) is 0 Å². The Kier molecular flexibility index (Phi) is 8.63. The molecule has 0 aromatic heterocycles. The second-order valence-corrected chi connectivity index (χ2v) is 11.6. The van der Waals surface area contributed by atoms with Crippen LogP contribution in [0.2, 0.25) is 0 Å². The third-order valence-electron chi connectivity index (χ3n) is 9.06. The van der Waals surface area contributed by atoms with Crippen molar-refractivity contribution in [1.29, 1.82) is 0 Å². The van der Waals surface area contributed by atoms with E-state index in [1.807, 2.05) is 6.08 Å². The smallest absolute Gasteiger partial charge is 0.323 e. The number of rotatable bonds is 8. The maximum Gasteiger partial charge on any atom is 0.323 e. The van der Waals surface area contributed by atoms with Crippen molar-refractivity contribution in [3.63, 3.8) is 0 Å². The van der Waals surface area contributed by atoms with Crippen LogP contribution < -0.4 is 5.32 Å². The van der Waals surface area contributed by atoms with Crippen LogP contribution in [0.15, 0.2) is 66.3 Å². The topological polar surface area (TPSA) is 69.6 Å². The van der Waals surface area contributed by atoms with Gasteiger partial charge < -0.3 is 15.3 Å². The molecule has 202 valence electrons. The van der Waals surface area contributed by atoms with Crippen LogP contribution in [0, 0.1) is 11.8 Å². The zero-order chi connectivity index (χ0) is 26.5. The van der Waals surface area contributed by atoms with Crippen molar-refractivity contribution >= 4 is 22.6 Å². The van der Waals surface area contributed by atoms with Crippen molar-refractivity contribution < 1.29 is 14.7 Å². The van der Waals surface area contributed by atoms with Crippen molar-refractivity contribution in [2.45, 2.75) is 89.3 Å². The van der Waals surface area contributed by atoms with Crippen LogP contribution in [0.3, 0.4) is 0 Å². The van der Waals surface area contributed by atoms with E-state index in [4.69, 9.17) is 0 Å². The van der Waals surface area contributed by atoms with E-state index in [-0.39, 0.29) is 24.5 Å². The molecule has 2 aromatic carbocycles. The molecule has 2 aromatic rings. The van der Waals surface area contributed by atoms with Gasteiger partial charge in [0, 0.05) is 23.7 Å². The van der Waals surface area contributed by atoms with Crippen LogP contribution in [-0.4, -0.2) is 40.5 Å². The van der Waals surface area contributed by atoms with E-state index in [9.17, 15) is 14.7 Å². The first-order chi connectivity index (χ1) is 18.5. The van der Waals surface area contributed by atoms with Gasteiger partial charge in [-0.05, 0) is 73.6 Å². The van der Waals surface area contributed by atoms with Crippen molar-refractivity contribution in [3.8, 4) is 0 Å². The molecule has 3 aliphatic rings. The molecule has 0 heterocycles. The highest BCUT2D eigenvalue weighted by Gasteiger charge is 2.32. The van der Waals surface area contributed by atoms with Crippen LogP contribution >= 0.6 is 0 Å². The van der Waals surface area contributed by atoms with Crippen molar-refractivity contribution in [3.05, 3.63) is 71.8 Å². The van der Waals surface area contributed by atoms with E-state index in [1.165, 1.54) is 42.0 Å². The lowest BCUT2D eigenvalue weighted by atomic mass is 9.74. The highest BCUT2D eigenvalue weighted by molar-refractivity contribution is 5.98. The summed E-state index contributed by atoms with van der Waals surface area (Å²) in [4.78, 5) is 26.5. The largest absolute Gasteiger partial charge is 0.480 e. The van der Waals surface area contributed by atoms with Gasteiger partial charge in [-0.15, -0.1) is 0 Å². The first-order valence-corrected chi connectivity index (χ1v) is 14.6. The predicted molar refractivity (Wildman–Crippen MR) is 153 cm³/mol. The summed E-state index contributed by atoms with van der Waals surface area (Å²) in [5, 5.41) is 16.0. The summed E-state index contributed by atoms with van der Waals surface area (Å²) in [6.45, 7) is 2.07. The summed E-state index contributed by atoms with van der Waals surface area (Å²) >= 11 is 0. The monoisotopic (exact) mass is 514 g/mol. The second-order valence-electron chi connectivity index (χ2n) is 11.6. The van der Waals surface area contributed by atoms with Gasteiger partial charge in [-0.2, -0.15) is 0 Å². The first kappa shape index (κ1) is 26.7. The van der Waals surface area contributed by atoms with Gasteiger partial charge in [0.2, 0.25) is 0 Å². The highest BCUT2D eigenvalue weighted by atomic mass is 16.4. The average molecular weight is 515 g/mol. The fourth-order valence-corrected chi connectivity index (χ4v) is 7.06. The van der Waals surface area contributed by atoms with Gasteiger partial charge in [-0.25, -0.2) is 0 Å². The maximum atomic E-state index is 13.4. The molecule has 2 saturated carbocycles. The molecule has 0 spiro atoms. The molecule has 0 bridgehead atoms. The Morgan fingerprint density at radius 1 is 1.00 bits per heavy atom. The van der Waals surface area contributed by atoms with Gasteiger partial charge in [-0.1, -0.05) is 86.4 Å². The quantitative estimate of drug-likeness (QED) is 0.407. The Morgan fingerprint density at radius 2 is 1.79 bits per heavy atom. The Labute approximate surface area is 227 Å². The minimum atomic E-state index is -0.930. The van der Waals surface area contributed by atoms with E-state index >= 15 is 0 Å². The fraction of sp³-hybridized carbons (Fsp3) is 0.515. The van der Waals surface area contributed by atoms with E-state index in [0.717, 1.165) is 38.5 Å². The Morgan fingerprint density at radius 3 is 2.55 bits per heavy atom. The number of carbonyl (C=O) groups excluding carboxylic acids is 1. The molecule has 5 nitrogen and oxygen atoms in total. The van der Waals surface area contributed by atoms with Crippen molar-refractivity contribution in [2.24, 2.45) is 11.8 Å². The van der Waals surface area contributed by atoms with Crippen LogP contribution in [0.25, 0.3) is 10.8 Å². The van der Waals surface area contributed by atoms with E-state index < -0.39 is 5.97 Å². The van der Waals surface area contributed by atoms with Gasteiger partial charge in [0.05, 0.1) is 0 Å². The Hall–Kier alpha value is -2.92. The second kappa shape index (κ2) is 12.3. The highest BCUT2D eigenvalue weighted by Crippen LogP contribution is 2.37. The third kappa shape index (κ3) is 6.20. The van der Waals surface area contributed by atoms with Gasteiger partial charge in [0.1, 0.15) is 6.54 Å². The number of benzene rings is 2. The molecule has 2 fully saturated rings. The fourth-order valence-electron chi connectivity index (χ4n) is 7.06. The summed E-state index contributed by atoms with van der Waals surface area (Å²) in [6.07, 6.45) is 17.1. The number of amides is 1. The van der Waals surface area contributed by atoms with Crippen LogP contribution in [-0.2, 0) is 9.59 Å². The lowest BCUT2D eigenvalue weighted by Gasteiger charge is -2.37. The third-order valence-corrected chi connectivity index (χ3v) is 9.06. The molecule has 3 aliphatic carbocycles. The average Bonchev–Trinajstić information content (AvgIpc) is 2.96. The van der Waals surface area contributed by atoms with Gasteiger partial charge in [-0.3, -0.25) is 9.59 Å². The van der Waals surface area contributed by atoms with Crippen molar-refractivity contribution in [1.82, 2.24) is 10.2 Å². The number of nitrogens with one attached hydrogen (secondary N) is 1. The number of hydrogen-bond acceptors (Lipinski definition) is 3. The minimum absolute atomic E-state index is 0.0493. The molecule has 5 heteroatoms. The summed E-state index contributed by atoms with van der Waals surface area (Å²) < 4.78 is 0. The number of carboxylic acid groups (broad SMARTS) is 1. The summed E-state index contributed by atoms with van der Waals surface area (Å²) in [5.74, 6) is -0.00744. The number of nitrogens with zero attached hydrogens (tertiary/aromatic N) is 1. The SMILES string of the molecule is C[C@@H](N[C@H]1CCC[C@H](C2C=CC(C(=O)N(CC(=O)O)C3CCCCC3)=CC2)C1)c1cccc2ccccc12.